The highest BCUT2D eigenvalue weighted by Crippen LogP contribution is 2.12. The number of hydrogen-bond acceptors (Lipinski definition) is 5. The van der Waals surface area contributed by atoms with Crippen molar-refractivity contribution in [2.75, 3.05) is 6.61 Å². The summed E-state index contributed by atoms with van der Waals surface area (Å²) in [5.41, 5.74) is 0.793. The number of esters is 1. The van der Waals surface area contributed by atoms with Crippen LogP contribution in [-0.4, -0.2) is 30.6 Å². The highest BCUT2D eigenvalue weighted by Gasteiger charge is 2.17. The lowest BCUT2D eigenvalue weighted by atomic mass is 10.1. The Bertz CT molecular complexity index is 622. The van der Waals surface area contributed by atoms with Gasteiger partial charge in [0.25, 0.3) is 5.91 Å². The molecule has 0 aromatic heterocycles. The molecule has 1 rings (SSSR count). The van der Waals surface area contributed by atoms with E-state index in [0.717, 1.165) is 19.3 Å². The van der Waals surface area contributed by atoms with Crippen LogP contribution < -0.4 is 5.32 Å². The topological polar surface area (TPSA) is 84.8 Å². The lowest BCUT2D eigenvalue weighted by Gasteiger charge is -2.13. The highest BCUT2D eigenvalue weighted by molar-refractivity contribution is 5.96. The van der Waals surface area contributed by atoms with Crippen molar-refractivity contribution in [3.8, 4) is 0 Å². The number of carbonyl (C=O) groups excluding carboxylic acids is 3. The second-order valence-corrected chi connectivity index (χ2v) is 6.59. The minimum atomic E-state index is -0.723. The van der Waals surface area contributed by atoms with Gasteiger partial charge < -0.3 is 10.1 Å². The van der Waals surface area contributed by atoms with Crippen LogP contribution in [0.25, 0.3) is 0 Å². The molecule has 1 atom stereocenters. The van der Waals surface area contributed by atoms with Crippen LogP contribution in [-0.2, 0) is 14.3 Å². The Hall–Kier alpha value is -2.46. The van der Waals surface area contributed by atoms with Crippen LogP contribution in [0.15, 0.2) is 29.3 Å². The average molecular weight is 374 g/mol. The molecule has 0 saturated carbocycles. The Morgan fingerprint density at radius 3 is 2.22 bits per heavy atom. The van der Waals surface area contributed by atoms with Gasteiger partial charge in [-0.1, -0.05) is 51.9 Å². The van der Waals surface area contributed by atoms with Crippen LogP contribution in [0, 0.1) is 0 Å². The molecule has 0 unspecified atom stereocenters. The third kappa shape index (κ3) is 9.71. The number of aliphatic imine (C=N–C) groups is 1. The summed E-state index contributed by atoms with van der Waals surface area (Å²) in [6.07, 6.45) is 10.9. The molecule has 0 radical (unpaired) electrons. The van der Waals surface area contributed by atoms with Gasteiger partial charge in [0.2, 0.25) is 6.08 Å². The van der Waals surface area contributed by atoms with E-state index in [0.29, 0.717) is 17.9 Å². The van der Waals surface area contributed by atoms with E-state index >= 15 is 0 Å². The summed E-state index contributed by atoms with van der Waals surface area (Å²) in [7, 11) is 0. The molecule has 27 heavy (non-hydrogen) atoms. The summed E-state index contributed by atoms with van der Waals surface area (Å²) in [5.74, 6) is -0.818. The standard InChI is InChI=1S/C21H30N2O4/c1-3-4-5-6-7-8-9-10-15-27-21(26)17(2)23-20(25)18-11-13-19(14-12-18)22-16-24/h11-14,17H,3-10,15H2,1-2H3,(H,23,25)/t17-/m0/s1. The zero-order chi connectivity index (χ0) is 19.9. The van der Waals surface area contributed by atoms with Crippen molar-refractivity contribution in [3.05, 3.63) is 29.8 Å². The van der Waals surface area contributed by atoms with Crippen molar-refractivity contribution in [2.45, 2.75) is 71.3 Å². The monoisotopic (exact) mass is 374 g/mol. The Morgan fingerprint density at radius 1 is 1.04 bits per heavy atom. The van der Waals surface area contributed by atoms with Crippen LogP contribution in [0.5, 0.6) is 0 Å². The smallest absolute Gasteiger partial charge is 0.328 e. The Labute approximate surface area is 161 Å². The summed E-state index contributed by atoms with van der Waals surface area (Å²) in [4.78, 5) is 37.7. The number of carbonyl (C=O) groups is 2. The largest absolute Gasteiger partial charge is 0.464 e. The number of nitrogens with one attached hydrogen (secondary N) is 1. The summed E-state index contributed by atoms with van der Waals surface area (Å²) in [6, 6.07) is 5.41. The van der Waals surface area contributed by atoms with Gasteiger partial charge in [-0.3, -0.25) is 4.79 Å². The molecule has 1 aromatic carbocycles. The van der Waals surface area contributed by atoms with Gasteiger partial charge in [-0.15, -0.1) is 0 Å². The zero-order valence-corrected chi connectivity index (χ0v) is 16.3. The maximum atomic E-state index is 12.1. The molecule has 1 amide bonds. The first kappa shape index (κ1) is 22.6. The van der Waals surface area contributed by atoms with E-state index in [2.05, 4.69) is 17.2 Å². The normalized spacial score (nSPS) is 11.3. The highest BCUT2D eigenvalue weighted by atomic mass is 16.5. The summed E-state index contributed by atoms with van der Waals surface area (Å²) in [6.45, 7) is 4.18. The van der Waals surface area contributed by atoms with Gasteiger partial charge in [0.15, 0.2) is 0 Å². The number of isocyanates is 1. The van der Waals surface area contributed by atoms with E-state index in [1.807, 2.05) is 0 Å². The molecule has 6 nitrogen and oxygen atoms in total. The van der Waals surface area contributed by atoms with Crippen molar-refractivity contribution in [1.29, 1.82) is 0 Å². The van der Waals surface area contributed by atoms with E-state index in [4.69, 9.17) is 4.74 Å². The first-order valence-corrected chi connectivity index (χ1v) is 9.74. The first-order valence-electron chi connectivity index (χ1n) is 9.74. The van der Waals surface area contributed by atoms with Gasteiger partial charge in [0, 0.05) is 5.56 Å². The molecule has 148 valence electrons. The molecule has 6 heteroatoms. The third-order valence-electron chi connectivity index (χ3n) is 4.25. The third-order valence-corrected chi connectivity index (χ3v) is 4.25. The molecule has 0 heterocycles. The summed E-state index contributed by atoms with van der Waals surface area (Å²) < 4.78 is 5.23. The number of ether oxygens (including phenoxy) is 1. The van der Waals surface area contributed by atoms with Crippen molar-refractivity contribution in [3.63, 3.8) is 0 Å². The Balaban J connectivity index is 2.21. The Kier molecular flexibility index (Phi) is 11.5. The van der Waals surface area contributed by atoms with Gasteiger partial charge in [0.1, 0.15) is 6.04 Å². The van der Waals surface area contributed by atoms with Gasteiger partial charge in [0.05, 0.1) is 12.3 Å². The molecule has 0 bridgehead atoms. The number of unbranched alkanes of at least 4 members (excludes halogenated alkanes) is 7. The quantitative estimate of drug-likeness (QED) is 0.239. The lowest BCUT2D eigenvalue weighted by molar-refractivity contribution is -0.145. The minimum absolute atomic E-state index is 0.377. The molecular formula is C21H30N2O4. The molecule has 0 fully saturated rings. The van der Waals surface area contributed by atoms with E-state index < -0.39 is 12.0 Å². The fourth-order valence-corrected chi connectivity index (χ4v) is 2.61. The van der Waals surface area contributed by atoms with Crippen LogP contribution in [0.2, 0.25) is 0 Å². The number of amides is 1. The molecule has 0 aliphatic rings. The molecule has 1 aromatic rings. The van der Waals surface area contributed by atoms with E-state index in [9.17, 15) is 14.4 Å². The maximum Gasteiger partial charge on any atom is 0.328 e. The predicted molar refractivity (Wildman–Crippen MR) is 105 cm³/mol. The molecule has 0 saturated heterocycles. The van der Waals surface area contributed by atoms with Gasteiger partial charge in [-0.05, 0) is 37.6 Å². The molecular weight excluding hydrogens is 344 g/mol. The van der Waals surface area contributed by atoms with Crippen molar-refractivity contribution in [1.82, 2.24) is 5.32 Å². The van der Waals surface area contributed by atoms with Crippen LogP contribution in [0.4, 0.5) is 5.69 Å². The fourth-order valence-electron chi connectivity index (χ4n) is 2.61. The van der Waals surface area contributed by atoms with Gasteiger partial charge in [-0.25, -0.2) is 9.59 Å². The molecule has 0 aliphatic carbocycles. The van der Waals surface area contributed by atoms with E-state index in [1.54, 1.807) is 6.92 Å². The number of hydrogen-bond donors (Lipinski definition) is 1. The zero-order valence-electron chi connectivity index (χ0n) is 16.3. The average Bonchev–Trinajstić information content (AvgIpc) is 2.67. The summed E-state index contributed by atoms with van der Waals surface area (Å²) >= 11 is 0. The number of nitrogens with zero attached hydrogens (tertiary/aromatic N) is 1. The fraction of sp³-hybridized carbons (Fsp3) is 0.571. The SMILES string of the molecule is CCCCCCCCCCOC(=O)[C@H](C)NC(=O)c1ccc(N=C=O)cc1. The first-order chi connectivity index (χ1) is 13.1. The summed E-state index contributed by atoms with van der Waals surface area (Å²) in [5, 5.41) is 2.61. The second kappa shape index (κ2) is 13.7. The van der Waals surface area contributed by atoms with Crippen LogP contribution in [0.1, 0.15) is 75.6 Å². The molecule has 0 aliphatic heterocycles. The van der Waals surface area contributed by atoms with Crippen molar-refractivity contribution >= 4 is 23.6 Å². The van der Waals surface area contributed by atoms with Gasteiger partial charge in [-0.2, -0.15) is 4.99 Å². The van der Waals surface area contributed by atoms with Crippen molar-refractivity contribution in [2.24, 2.45) is 4.99 Å². The van der Waals surface area contributed by atoms with Crippen molar-refractivity contribution < 1.29 is 19.1 Å². The maximum absolute atomic E-state index is 12.1. The Morgan fingerprint density at radius 2 is 1.63 bits per heavy atom. The number of benzene rings is 1. The second-order valence-electron chi connectivity index (χ2n) is 6.59. The van der Waals surface area contributed by atoms with Crippen LogP contribution >= 0.6 is 0 Å². The number of rotatable bonds is 13. The minimum Gasteiger partial charge on any atom is -0.464 e. The van der Waals surface area contributed by atoms with Crippen LogP contribution in [0.3, 0.4) is 0 Å². The molecule has 0 spiro atoms. The molecule has 1 N–H and O–H groups in total. The lowest BCUT2D eigenvalue weighted by Crippen LogP contribution is -2.39. The predicted octanol–water partition coefficient (Wildman–Crippen LogP) is 4.46. The van der Waals surface area contributed by atoms with E-state index in [-0.39, 0.29) is 5.91 Å². The van der Waals surface area contributed by atoms with Gasteiger partial charge >= 0.3 is 5.97 Å². The van der Waals surface area contributed by atoms with E-state index in [1.165, 1.54) is 62.4 Å².